The smallest absolute Gasteiger partial charge is 0.543 e. The van der Waals surface area contributed by atoms with E-state index in [9.17, 15) is 9.90 Å². The molecule has 0 unspecified atom stereocenters. The minimum absolute atomic E-state index is 0. The molecule has 17 heavy (non-hydrogen) atoms. The minimum atomic E-state index is -1.33. The standard InChI is InChI=1S/C11H9N3O2.Li/c1-7-3-4-8(9(14-7)11(15)16)10-12-5-2-6-13-10;/h2-6H,1H3,(H,15,16);/q;+1/p-1. The number of aromatic nitrogens is 3. The third-order valence-corrected chi connectivity index (χ3v) is 2.03. The monoisotopic (exact) mass is 221 g/mol. The number of carbonyl (C=O) groups is 1. The molecule has 2 rings (SSSR count). The Bertz CT molecular complexity index is 531. The zero-order valence-corrected chi connectivity index (χ0v) is 9.54. The van der Waals surface area contributed by atoms with Crippen LogP contribution < -0.4 is 24.0 Å². The van der Waals surface area contributed by atoms with E-state index in [-0.39, 0.29) is 24.6 Å². The number of rotatable bonds is 2. The Hall–Kier alpha value is -1.70. The first-order valence-corrected chi connectivity index (χ1v) is 4.65. The molecule has 0 N–H and O–H groups in total. The first-order valence-electron chi connectivity index (χ1n) is 4.65. The van der Waals surface area contributed by atoms with E-state index in [1.165, 1.54) is 0 Å². The summed E-state index contributed by atoms with van der Waals surface area (Å²) in [6.45, 7) is 1.71. The number of hydrogen-bond donors (Lipinski definition) is 0. The van der Waals surface area contributed by atoms with E-state index in [2.05, 4.69) is 15.0 Å². The summed E-state index contributed by atoms with van der Waals surface area (Å²) in [5.41, 5.74) is 0.844. The fraction of sp³-hybridized carbons (Fsp3) is 0.0909. The number of carbonyl (C=O) groups excluding carboxylic acids is 1. The third kappa shape index (κ3) is 2.90. The van der Waals surface area contributed by atoms with Gasteiger partial charge in [0.05, 0.1) is 11.7 Å². The van der Waals surface area contributed by atoms with Gasteiger partial charge in [-0.15, -0.1) is 0 Å². The number of pyridine rings is 1. The molecular weight excluding hydrogens is 213 g/mol. The summed E-state index contributed by atoms with van der Waals surface area (Å²) in [6.07, 6.45) is 3.09. The third-order valence-electron chi connectivity index (χ3n) is 2.03. The second-order valence-corrected chi connectivity index (χ2v) is 3.21. The van der Waals surface area contributed by atoms with Crippen molar-refractivity contribution < 1.29 is 28.8 Å². The van der Waals surface area contributed by atoms with Gasteiger partial charge in [-0.3, -0.25) is 4.98 Å². The molecule has 5 nitrogen and oxygen atoms in total. The number of hydrogen-bond acceptors (Lipinski definition) is 5. The van der Waals surface area contributed by atoms with Gasteiger partial charge in [-0.05, 0) is 25.1 Å². The molecule has 6 heteroatoms. The van der Waals surface area contributed by atoms with Crippen molar-refractivity contribution in [1.29, 1.82) is 0 Å². The molecule has 0 aliphatic heterocycles. The summed E-state index contributed by atoms with van der Waals surface area (Å²) in [6, 6.07) is 4.99. The van der Waals surface area contributed by atoms with E-state index in [0.717, 1.165) is 0 Å². The minimum Gasteiger partial charge on any atom is -0.543 e. The second kappa shape index (κ2) is 5.57. The van der Waals surface area contributed by atoms with Crippen molar-refractivity contribution >= 4 is 5.97 Å². The molecule has 0 bridgehead atoms. The zero-order valence-electron chi connectivity index (χ0n) is 9.54. The first-order chi connectivity index (χ1) is 7.68. The molecule has 2 aromatic rings. The Labute approximate surface area is 110 Å². The first kappa shape index (κ1) is 13.4. The maximum atomic E-state index is 10.9. The van der Waals surface area contributed by atoms with Gasteiger partial charge in [0.15, 0.2) is 5.82 Å². The second-order valence-electron chi connectivity index (χ2n) is 3.21. The molecule has 0 spiro atoms. The van der Waals surface area contributed by atoms with Gasteiger partial charge in [0.1, 0.15) is 0 Å². The zero-order chi connectivity index (χ0) is 11.5. The van der Waals surface area contributed by atoms with Gasteiger partial charge in [-0.1, -0.05) is 0 Å². The Morgan fingerprint density at radius 1 is 1.24 bits per heavy atom. The molecule has 0 saturated heterocycles. The van der Waals surface area contributed by atoms with Crippen LogP contribution in [0.15, 0.2) is 30.6 Å². The fourth-order valence-electron chi connectivity index (χ4n) is 1.33. The number of carboxylic acid groups (broad SMARTS) is 1. The predicted molar refractivity (Wildman–Crippen MR) is 54.3 cm³/mol. The Morgan fingerprint density at radius 2 is 1.88 bits per heavy atom. The molecule has 0 aliphatic carbocycles. The van der Waals surface area contributed by atoms with Crippen molar-refractivity contribution in [1.82, 2.24) is 15.0 Å². The van der Waals surface area contributed by atoms with Crippen LogP contribution in [0.4, 0.5) is 0 Å². The van der Waals surface area contributed by atoms with Crippen LogP contribution in [-0.2, 0) is 0 Å². The van der Waals surface area contributed by atoms with E-state index in [0.29, 0.717) is 17.1 Å². The van der Waals surface area contributed by atoms with Gasteiger partial charge in [0.25, 0.3) is 0 Å². The van der Waals surface area contributed by atoms with Gasteiger partial charge in [0, 0.05) is 23.7 Å². The van der Waals surface area contributed by atoms with Crippen molar-refractivity contribution in [3.05, 3.63) is 42.0 Å². The summed E-state index contributed by atoms with van der Waals surface area (Å²) in [7, 11) is 0. The Kier molecular flexibility index (Phi) is 4.38. The molecule has 2 heterocycles. The average Bonchev–Trinajstić information content (AvgIpc) is 2.30. The van der Waals surface area contributed by atoms with Gasteiger partial charge in [-0.25, -0.2) is 9.97 Å². The Balaban J connectivity index is 0.00000144. The van der Waals surface area contributed by atoms with Crippen LogP contribution in [0.2, 0.25) is 0 Å². The number of aryl methyl sites for hydroxylation is 1. The number of aromatic carboxylic acids is 1. The SMILES string of the molecule is Cc1ccc(-c2ncccn2)c(C(=O)[O-])n1.[Li+]. The molecule has 0 amide bonds. The van der Waals surface area contributed by atoms with E-state index in [1.807, 2.05) is 0 Å². The van der Waals surface area contributed by atoms with Crippen molar-refractivity contribution in [2.45, 2.75) is 6.92 Å². The summed E-state index contributed by atoms with van der Waals surface area (Å²) < 4.78 is 0. The fourth-order valence-corrected chi connectivity index (χ4v) is 1.33. The number of nitrogens with zero attached hydrogens (tertiary/aromatic N) is 3. The largest absolute Gasteiger partial charge is 1.00 e. The van der Waals surface area contributed by atoms with E-state index in [4.69, 9.17) is 0 Å². The van der Waals surface area contributed by atoms with Crippen LogP contribution in [-0.4, -0.2) is 20.9 Å². The van der Waals surface area contributed by atoms with E-state index in [1.54, 1.807) is 37.5 Å². The molecule has 0 fully saturated rings. The van der Waals surface area contributed by atoms with Crippen LogP contribution in [0.1, 0.15) is 16.2 Å². The van der Waals surface area contributed by atoms with Crippen LogP contribution in [0.3, 0.4) is 0 Å². The van der Waals surface area contributed by atoms with Crippen LogP contribution in [0.5, 0.6) is 0 Å². The summed E-state index contributed by atoms with van der Waals surface area (Å²) in [4.78, 5) is 22.8. The molecule has 0 aliphatic rings. The predicted octanol–water partition coefficient (Wildman–Crippen LogP) is -2.79. The van der Waals surface area contributed by atoms with Gasteiger partial charge >= 0.3 is 18.9 Å². The summed E-state index contributed by atoms with van der Waals surface area (Å²) in [5, 5.41) is 10.9. The maximum absolute atomic E-state index is 10.9. The molecular formula is C11H8LiN3O2. The van der Waals surface area contributed by atoms with Crippen LogP contribution in [0.25, 0.3) is 11.4 Å². The normalized spacial score (nSPS) is 9.47. The topological polar surface area (TPSA) is 78.8 Å². The quantitative estimate of drug-likeness (QED) is 0.512. The van der Waals surface area contributed by atoms with Crippen molar-refractivity contribution in [2.75, 3.05) is 0 Å². The van der Waals surface area contributed by atoms with E-state index < -0.39 is 5.97 Å². The van der Waals surface area contributed by atoms with Crippen LogP contribution >= 0.6 is 0 Å². The average molecular weight is 221 g/mol. The number of carboxylic acids is 1. The Morgan fingerprint density at radius 3 is 2.47 bits per heavy atom. The van der Waals surface area contributed by atoms with Gasteiger partial charge in [-0.2, -0.15) is 0 Å². The summed E-state index contributed by atoms with van der Waals surface area (Å²) in [5.74, 6) is -1.000. The van der Waals surface area contributed by atoms with Crippen molar-refractivity contribution in [3.63, 3.8) is 0 Å². The molecule has 0 saturated carbocycles. The van der Waals surface area contributed by atoms with Gasteiger partial charge in [0.2, 0.25) is 0 Å². The van der Waals surface area contributed by atoms with E-state index >= 15 is 0 Å². The molecule has 0 aromatic carbocycles. The molecule has 2 aromatic heterocycles. The van der Waals surface area contributed by atoms with Crippen molar-refractivity contribution in [3.8, 4) is 11.4 Å². The maximum Gasteiger partial charge on any atom is 1.00 e. The molecule has 0 radical (unpaired) electrons. The molecule has 0 atom stereocenters. The van der Waals surface area contributed by atoms with Crippen LogP contribution in [0, 0.1) is 6.92 Å². The molecule has 80 valence electrons. The van der Waals surface area contributed by atoms with Crippen molar-refractivity contribution in [2.24, 2.45) is 0 Å². The van der Waals surface area contributed by atoms with Gasteiger partial charge < -0.3 is 9.90 Å². The summed E-state index contributed by atoms with van der Waals surface area (Å²) >= 11 is 0.